The van der Waals surface area contributed by atoms with Gasteiger partial charge in [-0.3, -0.25) is 4.79 Å². The molecule has 2 N–H and O–H groups in total. The molecule has 9 unspecified atom stereocenters. The number of furan rings is 1. The van der Waals surface area contributed by atoms with Crippen molar-refractivity contribution in [2.45, 2.75) is 45.1 Å². The van der Waals surface area contributed by atoms with Crippen LogP contribution in [0.3, 0.4) is 0 Å². The molecule has 0 radical (unpaired) electrons. The molecule has 5 saturated carbocycles. The molecule has 0 spiro atoms. The maximum Gasteiger partial charge on any atom is 0.254 e. The molecule has 0 saturated heterocycles. The Morgan fingerprint density at radius 2 is 1.96 bits per heavy atom. The van der Waals surface area contributed by atoms with Crippen LogP contribution in [0.4, 0.5) is 0 Å². The number of carbonyl (C=O) groups is 1. The molecule has 1 amide bonds. The predicted molar refractivity (Wildman–Crippen MR) is 92.0 cm³/mol. The maximum absolute atomic E-state index is 12.7. The van der Waals surface area contributed by atoms with Crippen molar-refractivity contribution in [1.82, 2.24) is 5.32 Å². The van der Waals surface area contributed by atoms with E-state index in [4.69, 9.17) is 4.42 Å². The molecule has 5 aliphatic rings. The van der Waals surface area contributed by atoms with Gasteiger partial charge < -0.3 is 14.8 Å². The van der Waals surface area contributed by atoms with Gasteiger partial charge in [-0.25, -0.2) is 0 Å². The van der Waals surface area contributed by atoms with Gasteiger partial charge in [-0.1, -0.05) is 13.8 Å². The number of amides is 1. The molecule has 25 heavy (non-hydrogen) atoms. The minimum Gasteiger partial charge on any atom is -0.465 e. The van der Waals surface area contributed by atoms with Crippen LogP contribution in [0.15, 0.2) is 10.5 Å². The lowest BCUT2D eigenvalue weighted by atomic mass is 9.56. The second-order valence-corrected chi connectivity index (χ2v) is 9.78. The van der Waals surface area contributed by atoms with E-state index in [0.29, 0.717) is 29.7 Å². The minimum absolute atomic E-state index is 0.0973. The first kappa shape index (κ1) is 14.8. The van der Waals surface area contributed by atoms with Gasteiger partial charge in [0.2, 0.25) is 0 Å². The zero-order valence-electron chi connectivity index (χ0n) is 15.2. The number of carbonyl (C=O) groups excluding carboxylic acids is 1. The number of nitrogens with one attached hydrogen (secondary N) is 1. The summed E-state index contributed by atoms with van der Waals surface area (Å²) in [5.74, 6) is 7.40. The van der Waals surface area contributed by atoms with E-state index in [1.807, 2.05) is 13.0 Å². The van der Waals surface area contributed by atoms with Gasteiger partial charge in [0.25, 0.3) is 5.91 Å². The standard InChI is InChI=1S/C21H27NO3/c1-8(2)15-6-10(9(3)25-15)20(23)22-7-21(24)18-12-5-13-16-11(12)4-14(18)17(16)19(13)21/h6,8,11-14,16-19,24H,4-5,7H2,1-3H3,(H,22,23). The highest BCUT2D eigenvalue weighted by molar-refractivity contribution is 5.95. The second-order valence-electron chi connectivity index (χ2n) is 9.78. The number of aryl methyl sites for hydroxylation is 1. The molecule has 1 aromatic heterocycles. The van der Waals surface area contributed by atoms with Gasteiger partial charge in [0.15, 0.2) is 0 Å². The summed E-state index contributed by atoms with van der Waals surface area (Å²) in [6.45, 7) is 6.39. The summed E-state index contributed by atoms with van der Waals surface area (Å²) in [4.78, 5) is 12.7. The fraction of sp³-hybridized carbons (Fsp3) is 0.762. The Labute approximate surface area is 148 Å². The quantitative estimate of drug-likeness (QED) is 0.885. The summed E-state index contributed by atoms with van der Waals surface area (Å²) in [5.41, 5.74) is -0.0343. The normalized spacial score (nSPS) is 50.1. The number of hydrogen-bond acceptors (Lipinski definition) is 3. The topological polar surface area (TPSA) is 62.5 Å². The van der Waals surface area contributed by atoms with Gasteiger partial charge in [0.1, 0.15) is 11.5 Å². The van der Waals surface area contributed by atoms with Crippen molar-refractivity contribution < 1.29 is 14.3 Å². The van der Waals surface area contributed by atoms with Gasteiger partial charge in [0, 0.05) is 12.5 Å². The fourth-order valence-corrected chi connectivity index (χ4v) is 8.29. The molecule has 0 aromatic carbocycles. The molecule has 5 aliphatic carbocycles. The van der Waals surface area contributed by atoms with Crippen molar-refractivity contribution in [3.63, 3.8) is 0 Å². The highest BCUT2D eigenvalue weighted by atomic mass is 16.3. The molecule has 4 nitrogen and oxygen atoms in total. The van der Waals surface area contributed by atoms with Crippen molar-refractivity contribution in [1.29, 1.82) is 0 Å². The number of rotatable bonds is 4. The lowest BCUT2D eigenvalue weighted by Gasteiger charge is -2.51. The largest absolute Gasteiger partial charge is 0.465 e. The van der Waals surface area contributed by atoms with Gasteiger partial charge >= 0.3 is 0 Å². The van der Waals surface area contributed by atoms with Crippen LogP contribution in [0.25, 0.3) is 0 Å². The van der Waals surface area contributed by atoms with Crippen molar-refractivity contribution in [3.05, 3.63) is 23.2 Å². The van der Waals surface area contributed by atoms with Crippen LogP contribution >= 0.6 is 0 Å². The first-order valence-electron chi connectivity index (χ1n) is 10.0. The summed E-state index contributed by atoms with van der Waals surface area (Å²) >= 11 is 0. The monoisotopic (exact) mass is 341 g/mol. The number of fused-ring (bicyclic) bond motifs is 2. The Bertz CT molecular complexity index is 776. The molecule has 1 heterocycles. The molecule has 6 rings (SSSR count). The molecule has 2 bridgehead atoms. The molecular weight excluding hydrogens is 314 g/mol. The first-order chi connectivity index (χ1) is 11.9. The van der Waals surface area contributed by atoms with Crippen molar-refractivity contribution in [2.24, 2.45) is 47.3 Å². The molecular formula is C21H27NO3. The van der Waals surface area contributed by atoms with Crippen LogP contribution in [-0.4, -0.2) is 23.2 Å². The van der Waals surface area contributed by atoms with Crippen molar-refractivity contribution >= 4 is 5.91 Å². The molecule has 134 valence electrons. The summed E-state index contributed by atoms with van der Waals surface area (Å²) in [7, 11) is 0. The summed E-state index contributed by atoms with van der Waals surface area (Å²) in [5, 5.41) is 14.7. The third-order valence-electron chi connectivity index (χ3n) is 8.80. The lowest BCUT2D eigenvalue weighted by molar-refractivity contribution is -0.126. The molecule has 5 fully saturated rings. The van der Waals surface area contributed by atoms with E-state index in [1.54, 1.807) is 0 Å². The van der Waals surface area contributed by atoms with Crippen LogP contribution in [0.1, 0.15) is 54.5 Å². The SMILES string of the molecule is Cc1oc(C(C)C)cc1C(=O)NCC1(O)C2C3CC4C5C3CC2C5C41. The van der Waals surface area contributed by atoms with Crippen LogP contribution in [0, 0.1) is 54.3 Å². The minimum atomic E-state index is -0.654. The van der Waals surface area contributed by atoms with E-state index in [-0.39, 0.29) is 11.8 Å². The van der Waals surface area contributed by atoms with Crippen LogP contribution < -0.4 is 5.32 Å². The Kier molecular flexibility index (Phi) is 2.57. The van der Waals surface area contributed by atoms with Crippen molar-refractivity contribution in [2.75, 3.05) is 6.54 Å². The Morgan fingerprint density at radius 1 is 1.24 bits per heavy atom. The summed E-state index contributed by atoms with van der Waals surface area (Å²) < 4.78 is 5.72. The van der Waals surface area contributed by atoms with Gasteiger partial charge in [-0.05, 0) is 73.2 Å². The number of aliphatic hydroxyl groups is 1. The van der Waals surface area contributed by atoms with Crippen LogP contribution in [0.5, 0.6) is 0 Å². The molecule has 1 aromatic rings. The fourth-order valence-electron chi connectivity index (χ4n) is 8.29. The third kappa shape index (κ3) is 1.50. The zero-order valence-corrected chi connectivity index (χ0v) is 15.2. The Balaban J connectivity index is 1.23. The number of hydrogen-bond donors (Lipinski definition) is 2. The van der Waals surface area contributed by atoms with E-state index < -0.39 is 5.60 Å². The lowest BCUT2D eigenvalue weighted by Crippen LogP contribution is -2.59. The average molecular weight is 341 g/mol. The Morgan fingerprint density at radius 3 is 2.68 bits per heavy atom. The summed E-state index contributed by atoms with van der Waals surface area (Å²) in [6.07, 6.45) is 2.71. The Hall–Kier alpha value is -1.29. The van der Waals surface area contributed by atoms with Crippen LogP contribution in [0.2, 0.25) is 0 Å². The molecule has 9 atom stereocenters. The van der Waals surface area contributed by atoms with Gasteiger partial charge in [-0.2, -0.15) is 0 Å². The molecule has 0 aliphatic heterocycles. The zero-order chi connectivity index (χ0) is 17.2. The second kappa shape index (κ2) is 4.33. The maximum atomic E-state index is 12.7. The molecule has 4 heteroatoms. The first-order valence-corrected chi connectivity index (χ1v) is 10.0. The predicted octanol–water partition coefficient (Wildman–Crippen LogP) is 2.95. The summed E-state index contributed by atoms with van der Waals surface area (Å²) in [6, 6.07) is 1.86. The smallest absolute Gasteiger partial charge is 0.254 e. The van der Waals surface area contributed by atoms with Crippen molar-refractivity contribution in [3.8, 4) is 0 Å². The highest BCUT2D eigenvalue weighted by Crippen LogP contribution is 2.85. The van der Waals surface area contributed by atoms with E-state index in [2.05, 4.69) is 19.2 Å². The van der Waals surface area contributed by atoms with E-state index in [9.17, 15) is 9.90 Å². The third-order valence-corrected chi connectivity index (χ3v) is 8.80. The van der Waals surface area contributed by atoms with Gasteiger partial charge in [-0.15, -0.1) is 0 Å². The van der Waals surface area contributed by atoms with E-state index >= 15 is 0 Å². The van der Waals surface area contributed by atoms with Crippen LogP contribution in [-0.2, 0) is 0 Å². The highest BCUT2D eigenvalue weighted by Gasteiger charge is 2.84. The average Bonchev–Trinajstić information content (AvgIpc) is 3.19. The van der Waals surface area contributed by atoms with Gasteiger partial charge in [0.05, 0.1) is 11.2 Å². The van der Waals surface area contributed by atoms with E-state index in [0.717, 1.165) is 41.3 Å². The van der Waals surface area contributed by atoms with E-state index in [1.165, 1.54) is 12.8 Å².